The number of thiazole rings is 1. The summed E-state index contributed by atoms with van der Waals surface area (Å²) in [5, 5.41) is 6.61. The average Bonchev–Trinajstić information content (AvgIpc) is 2.57. The predicted molar refractivity (Wildman–Crippen MR) is 75.9 cm³/mol. The minimum absolute atomic E-state index is 0.114. The summed E-state index contributed by atoms with van der Waals surface area (Å²) in [7, 11) is 0. The molecule has 1 aromatic heterocycles. The molecule has 18 heavy (non-hydrogen) atoms. The second-order valence-corrected chi connectivity index (χ2v) is 6.01. The zero-order valence-electron chi connectivity index (χ0n) is 11.0. The van der Waals surface area contributed by atoms with E-state index in [4.69, 9.17) is 11.5 Å². The molecule has 0 saturated heterocycles. The summed E-state index contributed by atoms with van der Waals surface area (Å²) >= 11 is 1.26. The topological polar surface area (TPSA) is 106 Å². The first-order valence-corrected chi connectivity index (χ1v) is 6.68. The fourth-order valence-electron chi connectivity index (χ4n) is 1.25. The average molecular weight is 271 g/mol. The molecule has 1 heterocycles. The van der Waals surface area contributed by atoms with Gasteiger partial charge in [-0.05, 0) is 33.7 Å². The van der Waals surface area contributed by atoms with Crippen molar-refractivity contribution in [3.63, 3.8) is 0 Å². The highest BCUT2D eigenvalue weighted by Crippen LogP contribution is 2.26. The smallest absolute Gasteiger partial charge is 0.265 e. The van der Waals surface area contributed by atoms with E-state index < -0.39 is 0 Å². The third kappa shape index (κ3) is 4.50. The van der Waals surface area contributed by atoms with Crippen LogP contribution in [0.15, 0.2) is 0 Å². The Balaban J connectivity index is 2.69. The standard InChI is InChI=1S/C11H21N5OS/c1-11(2,3)16-10-15-8(13)7(18-10)9(17)14-6-4-5-12/h4-6,12-13H2,1-3H3,(H,14,17)(H,15,16). The molecule has 0 saturated carbocycles. The van der Waals surface area contributed by atoms with Gasteiger partial charge in [0.15, 0.2) is 5.13 Å². The van der Waals surface area contributed by atoms with E-state index in [0.29, 0.717) is 23.1 Å². The van der Waals surface area contributed by atoms with Crippen LogP contribution in [-0.2, 0) is 0 Å². The molecule has 1 amide bonds. The Morgan fingerprint density at radius 1 is 1.44 bits per heavy atom. The van der Waals surface area contributed by atoms with Gasteiger partial charge in [0.1, 0.15) is 10.7 Å². The number of carbonyl (C=O) groups excluding carboxylic acids is 1. The first-order valence-electron chi connectivity index (χ1n) is 5.86. The largest absolute Gasteiger partial charge is 0.382 e. The maximum Gasteiger partial charge on any atom is 0.265 e. The van der Waals surface area contributed by atoms with Gasteiger partial charge in [-0.25, -0.2) is 4.98 Å². The number of rotatable bonds is 5. The molecular formula is C11H21N5OS. The van der Waals surface area contributed by atoms with Crippen LogP contribution in [0.25, 0.3) is 0 Å². The molecule has 0 aliphatic carbocycles. The van der Waals surface area contributed by atoms with E-state index in [-0.39, 0.29) is 17.3 Å². The SMILES string of the molecule is CC(C)(C)Nc1nc(N)c(C(=O)NCCCN)s1. The molecule has 7 heteroatoms. The Hall–Kier alpha value is -1.34. The number of amides is 1. The van der Waals surface area contributed by atoms with Gasteiger partial charge in [0.05, 0.1) is 0 Å². The maximum absolute atomic E-state index is 11.8. The number of hydrogen-bond acceptors (Lipinski definition) is 6. The zero-order chi connectivity index (χ0) is 13.8. The first kappa shape index (κ1) is 14.7. The second-order valence-electron chi connectivity index (χ2n) is 5.01. The third-order valence-corrected chi connectivity index (χ3v) is 2.99. The fourth-order valence-corrected chi connectivity index (χ4v) is 2.26. The molecule has 0 unspecified atom stereocenters. The number of nitrogens with one attached hydrogen (secondary N) is 2. The molecule has 0 bridgehead atoms. The van der Waals surface area contributed by atoms with Gasteiger partial charge in [-0.2, -0.15) is 0 Å². The van der Waals surface area contributed by atoms with Gasteiger partial charge in [-0.1, -0.05) is 11.3 Å². The van der Waals surface area contributed by atoms with E-state index in [1.807, 2.05) is 20.8 Å². The van der Waals surface area contributed by atoms with Crippen molar-refractivity contribution in [1.29, 1.82) is 0 Å². The lowest BCUT2D eigenvalue weighted by molar-refractivity contribution is 0.0958. The quantitative estimate of drug-likeness (QED) is 0.598. The lowest BCUT2D eigenvalue weighted by Crippen LogP contribution is -2.26. The van der Waals surface area contributed by atoms with Crippen LogP contribution in [0.2, 0.25) is 0 Å². The highest BCUT2D eigenvalue weighted by atomic mass is 32.1. The van der Waals surface area contributed by atoms with E-state index in [1.54, 1.807) is 0 Å². The summed E-state index contributed by atoms with van der Waals surface area (Å²) in [6.07, 6.45) is 0.748. The Labute approximate surface area is 111 Å². The lowest BCUT2D eigenvalue weighted by Gasteiger charge is -2.19. The summed E-state index contributed by atoms with van der Waals surface area (Å²) in [4.78, 5) is 16.4. The van der Waals surface area contributed by atoms with Crippen LogP contribution in [0.1, 0.15) is 36.9 Å². The van der Waals surface area contributed by atoms with Gasteiger partial charge in [0, 0.05) is 12.1 Å². The van der Waals surface area contributed by atoms with E-state index in [1.165, 1.54) is 11.3 Å². The molecule has 0 aliphatic rings. The van der Waals surface area contributed by atoms with Crippen molar-refractivity contribution >= 4 is 28.2 Å². The highest BCUT2D eigenvalue weighted by molar-refractivity contribution is 7.18. The fraction of sp³-hybridized carbons (Fsp3) is 0.636. The molecule has 1 rings (SSSR count). The van der Waals surface area contributed by atoms with E-state index in [2.05, 4.69) is 15.6 Å². The van der Waals surface area contributed by atoms with Gasteiger partial charge in [-0.3, -0.25) is 4.79 Å². The van der Waals surface area contributed by atoms with Crippen molar-refractivity contribution < 1.29 is 4.79 Å². The molecule has 102 valence electrons. The summed E-state index contributed by atoms with van der Waals surface area (Å²) in [5.41, 5.74) is 11.0. The predicted octanol–water partition coefficient (Wildman–Crippen LogP) is 1.01. The van der Waals surface area contributed by atoms with Crippen molar-refractivity contribution in [2.24, 2.45) is 5.73 Å². The lowest BCUT2D eigenvalue weighted by atomic mass is 10.1. The van der Waals surface area contributed by atoms with Crippen LogP contribution in [0.5, 0.6) is 0 Å². The highest BCUT2D eigenvalue weighted by Gasteiger charge is 2.18. The minimum Gasteiger partial charge on any atom is -0.382 e. The maximum atomic E-state index is 11.8. The van der Waals surface area contributed by atoms with E-state index in [0.717, 1.165) is 6.42 Å². The number of hydrogen-bond donors (Lipinski definition) is 4. The summed E-state index contributed by atoms with van der Waals surface area (Å²) in [5.74, 6) is 0.0670. The number of aromatic nitrogens is 1. The van der Waals surface area contributed by atoms with Gasteiger partial charge in [0.25, 0.3) is 5.91 Å². The number of carbonyl (C=O) groups is 1. The zero-order valence-corrected chi connectivity index (χ0v) is 11.9. The van der Waals surface area contributed by atoms with Crippen molar-refractivity contribution in [2.75, 3.05) is 24.1 Å². The third-order valence-electron chi connectivity index (χ3n) is 2.01. The Bertz CT molecular complexity index is 410. The molecule has 6 N–H and O–H groups in total. The first-order chi connectivity index (χ1) is 8.33. The number of nitrogen functional groups attached to an aromatic ring is 1. The van der Waals surface area contributed by atoms with Gasteiger partial charge in [0.2, 0.25) is 0 Å². The van der Waals surface area contributed by atoms with Crippen LogP contribution in [-0.4, -0.2) is 29.5 Å². The van der Waals surface area contributed by atoms with Gasteiger partial charge < -0.3 is 22.1 Å². The van der Waals surface area contributed by atoms with Crippen molar-refractivity contribution in [3.05, 3.63) is 4.88 Å². The Kier molecular flexibility index (Phi) is 4.92. The molecule has 1 aromatic rings. The second kappa shape index (κ2) is 6.01. The summed E-state index contributed by atoms with van der Waals surface area (Å²) < 4.78 is 0. The van der Waals surface area contributed by atoms with Crippen LogP contribution < -0.4 is 22.1 Å². The van der Waals surface area contributed by atoms with Crippen molar-refractivity contribution in [1.82, 2.24) is 10.3 Å². The van der Waals surface area contributed by atoms with Crippen LogP contribution in [0.3, 0.4) is 0 Å². The Morgan fingerprint density at radius 3 is 2.67 bits per heavy atom. The molecule has 0 atom stereocenters. The number of anilines is 2. The Morgan fingerprint density at radius 2 is 2.11 bits per heavy atom. The number of nitrogens with zero attached hydrogens (tertiary/aromatic N) is 1. The van der Waals surface area contributed by atoms with Crippen LogP contribution in [0.4, 0.5) is 10.9 Å². The molecule has 6 nitrogen and oxygen atoms in total. The monoisotopic (exact) mass is 271 g/mol. The van der Waals surface area contributed by atoms with Crippen molar-refractivity contribution in [2.45, 2.75) is 32.7 Å². The molecule has 0 aromatic carbocycles. The number of nitrogens with two attached hydrogens (primary N) is 2. The van der Waals surface area contributed by atoms with Crippen LogP contribution >= 0.6 is 11.3 Å². The van der Waals surface area contributed by atoms with Gasteiger partial charge >= 0.3 is 0 Å². The van der Waals surface area contributed by atoms with E-state index in [9.17, 15) is 4.79 Å². The van der Waals surface area contributed by atoms with E-state index >= 15 is 0 Å². The van der Waals surface area contributed by atoms with Crippen molar-refractivity contribution in [3.8, 4) is 0 Å². The molecule has 0 aliphatic heterocycles. The molecular weight excluding hydrogens is 250 g/mol. The summed E-state index contributed by atoms with van der Waals surface area (Å²) in [6.45, 7) is 7.16. The molecule has 0 fully saturated rings. The van der Waals surface area contributed by atoms with Crippen LogP contribution in [0, 0.1) is 0 Å². The summed E-state index contributed by atoms with van der Waals surface area (Å²) in [6, 6.07) is 0. The minimum atomic E-state index is -0.194. The van der Waals surface area contributed by atoms with Gasteiger partial charge in [-0.15, -0.1) is 0 Å². The molecule has 0 spiro atoms. The normalized spacial score (nSPS) is 11.3. The molecule has 0 radical (unpaired) electrons.